The zero-order valence-electron chi connectivity index (χ0n) is 24.3. The lowest BCUT2D eigenvalue weighted by Crippen LogP contribution is -2.35. The molecule has 0 saturated carbocycles. The zero-order valence-corrected chi connectivity index (χ0v) is 24.3. The second-order valence-electron chi connectivity index (χ2n) is 11.8. The molecule has 1 aliphatic heterocycles. The zero-order chi connectivity index (χ0) is 27.5. The van der Waals surface area contributed by atoms with E-state index in [-0.39, 0.29) is 5.41 Å². The van der Waals surface area contributed by atoms with Crippen molar-refractivity contribution in [2.45, 2.75) is 56.4 Å². The van der Waals surface area contributed by atoms with Crippen LogP contribution in [-0.4, -0.2) is 43.0 Å². The summed E-state index contributed by atoms with van der Waals surface area (Å²) in [7, 11) is 2.26. The maximum atomic E-state index is 2.72. The van der Waals surface area contributed by atoms with E-state index in [0.717, 1.165) is 25.4 Å². The summed E-state index contributed by atoms with van der Waals surface area (Å²) in [6, 6.07) is 44.7. The molecule has 0 spiro atoms. The highest BCUT2D eigenvalue weighted by molar-refractivity contribution is 5.39. The van der Waals surface area contributed by atoms with Crippen LogP contribution in [0.3, 0.4) is 0 Å². The van der Waals surface area contributed by atoms with Gasteiger partial charge < -0.3 is 9.80 Å². The minimum atomic E-state index is 0.0401. The molecule has 208 valence electrons. The lowest BCUT2D eigenvalue weighted by molar-refractivity contribution is 0.202. The normalized spacial score (nSPS) is 14.9. The van der Waals surface area contributed by atoms with Crippen LogP contribution in [0.1, 0.15) is 66.7 Å². The van der Waals surface area contributed by atoms with Gasteiger partial charge in [0.1, 0.15) is 0 Å². The van der Waals surface area contributed by atoms with Gasteiger partial charge in [0.2, 0.25) is 0 Å². The molecule has 0 aliphatic carbocycles. The minimum Gasteiger partial charge on any atom is -0.303 e. The minimum absolute atomic E-state index is 0.0401. The first-order valence-corrected chi connectivity index (χ1v) is 15.3. The number of likely N-dealkylation sites (tertiary alicyclic amines) is 1. The topological polar surface area (TPSA) is 6.48 Å². The van der Waals surface area contributed by atoms with Crippen LogP contribution in [-0.2, 0) is 12.0 Å². The monoisotopic (exact) mass is 530 g/mol. The quantitative estimate of drug-likeness (QED) is 0.171. The van der Waals surface area contributed by atoms with E-state index in [1.165, 1.54) is 74.0 Å². The van der Waals surface area contributed by atoms with Crippen molar-refractivity contribution in [2.24, 2.45) is 0 Å². The smallest absolute Gasteiger partial charge is 0.0230 e. The van der Waals surface area contributed by atoms with E-state index in [1.54, 1.807) is 0 Å². The lowest BCUT2D eigenvalue weighted by atomic mass is 9.68. The Morgan fingerprint density at radius 1 is 0.650 bits per heavy atom. The summed E-state index contributed by atoms with van der Waals surface area (Å²) in [5.41, 5.74) is 5.88. The van der Waals surface area contributed by atoms with Crippen molar-refractivity contribution in [1.82, 2.24) is 9.80 Å². The van der Waals surface area contributed by atoms with Crippen LogP contribution in [0, 0.1) is 0 Å². The van der Waals surface area contributed by atoms with Crippen LogP contribution < -0.4 is 0 Å². The fourth-order valence-electron chi connectivity index (χ4n) is 6.83. The third-order valence-electron chi connectivity index (χ3n) is 9.03. The molecule has 0 atom stereocenters. The number of hydrogen-bond donors (Lipinski definition) is 0. The molecule has 5 rings (SSSR count). The predicted octanol–water partition coefficient (Wildman–Crippen LogP) is 8.54. The average molecular weight is 531 g/mol. The van der Waals surface area contributed by atoms with E-state index in [4.69, 9.17) is 0 Å². The Morgan fingerprint density at radius 2 is 1.15 bits per heavy atom. The van der Waals surface area contributed by atoms with Crippen molar-refractivity contribution >= 4 is 0 Å². The highest BCUT2D eigenvalue weighted by Crippen LogP contribution is 2.41. The number of piperidine rings is 1. The first-order valence-electron chi connectivity index (χ1n) is 15.3. The number of benzene rings is 4. The van der Waals surface area contributed by atoms with Crippen LogP contribution >= 0.6 is 0 Å². The highest BCUT2D eigenvalue weighted by Gasteiger charge is 2.33. The van der Waals surface area contributed by atoms with Gasteiger partial charge in [-0.25, -0.2) is 0 Å². The van der Waals surface area contributed by atoms with Crippen molar-refractivity contribution in [3.63, 3.8) is 0 Å². The molecule has 40 heavy (non-hydrogen) atoms. The third kappa shape index (κ3) is 7.50. The van der Waals surface area contributed by atoms with Crippen molar-refractivity contribution < 1.29 is 0 Å². The van der Waals surface area contributed by atoms with Gasteiger partial charge in [-0.15, -0.1) is 0 Å². The van der Waals surface area contributed by atoms with Crippen molar-refractivity contribution in [3.8, 4) is 0 Å². The Hall–Kier alpha value is -3.20. The third-order valence-corrected chi connectivity index (χ3v) is 9.03. The second kappa shape index (κ2) is 14.4. The Labute approximate surface area is 242 Å². The van der Waals surface area contributed by atoms with E-state index < -0.39 is 0 Å². The van der Waals surface area contributed by atoms with Gasteiger partial charge in [-0.3, -0.25) is 0 Å². The van der Waals surface area contributed by atoms with Gasteiger partial charge in [-0.1, -0.05) is 121 Å². The molecule has 0 unspecified atom stereocenters. The van der Waals surface area contributed by atoms with E-state index in [1.807, 2.05) is 0 Å². The molecule has 4 aromatic rings. The molecule has 2 heteroatoms. The van der Waals surface area contributed by atoms with Crippen LogP contribution in [0.25, 0.3) is 0 Å². The summed E-state index contributed by atoms with van der Waals surface area (Å²) in [4.78, 5) is 5.20. The summed E-state index contributed by atoms with van der Waals surface area (Å²) < 4.78 is 0. The van der Waals surface area contributed by atoms with Crippen LogP contribution in [0.4, 0.5) is 0 Å². The Morgan fingerprint density at radius 3 is 1.73 bits per heavy atom. The first kappa shape index (κ1) is 28.3. The first-order chi connectivity index (χ1) is 19.7. The number of rotatable bonds is 13. The van der Waals surface area contributed by atoms with Gasteiger partial charge in [-0.2, -0.15) is 0 Å². The molecule has 2 nitrogen and oxygen atoms in total. The van der Waals surface area contributed by atoms with Gasteiger partial charge >= 0.3 is 0 Å². The van der Waals surface area contributed by atoms with Crippen molar-refractivity contribution in [3.05, 3.63) is 144 Å². The highest BCUT2D eigenvalue weighted by atomic mass is 15.1. The van der Waals surface area contributed by atoms with E-state index in [2.05, 4.69) is 138 Å². The molecule has 1 aliphatic rings. The van der Waals surface area contributed by atoms with Crippen LogP contribution in [0.15, 0.2) is 121 Å². The molecule has 1 heterocycles. The van der Waals surface area contributed by atoms with Gasteiger partial charge in [0.15, 0.2) is 0 Å². The molecule has 1 saturated heterocycles. The van der Waals surface area contributed by atoms with Crippen LogP contribution in [0.5, 0.6) is 0 Å². The molecule has 4 aromatic carbocycles. The van der Waals surface area contributed by atoms with Gasteiger partial charge in [-0.05, 0) is 99.9 Å². The van der Waals surface area contributed by atoms with Gasteiger partial charge in [0.25, 0.3) is 0 Å². The molecular weight excluding hydrogens is 484 g/mol. The maximum absolute atomic E-state index is 2.72. The number of nitrogens with zero attached hydrogens (tertiary/aromatic N) is 2. The second-order valence-corrected chi connectivity index (χ2v) is 11.8. The fourth-order valence-corrected chi connectivity index (χ4v) is 6.83. The summed E-state index contributed by atoms with van der Waals surface area (Å²) >= 11 is 0. The predicted molar refractivity (Wildman–Crippen MR) is 170 cm³/mol. The fraction of sp³-hybridized carbons (Fsp3) is 0.368. The summed E-state index contributed by atoms with van der Waals surface area (Å²) in [5.74, 6) is 0.720. The SMILES string of the molecule is CN(CCCC(CCCN1CCC(c2ccccc2)CC1)(c1ccccc1)c1ccccc1)Cc1ccccc1. The van der Waals surface area contributed by atoms with E-state index >= 15 is 0 Å². The Balaban J connectivity index is 1.25. The molecule has 0 aromatic heterocycles. The molecule has 0 radical (unpaired) electrons. The summed E-state index contributed by atoms with van der Waals surface area (Å²) in [6.07, 6.45) is 7.30. The largest absolute Gasteiger partial charge is 0.303 e. The van der Waals surface area contributed by atoms with Crippen molar-refractivity contribution in [1.29, 1.82) is 0 Å². The van der Waals surface area contributed by atoms with Gasteiger partial charge in [0.05, 0.1) is 0 Å². The standard InChI is InChI=1S/C38H46N2/c1-39(32-33-16-6-2-7-17-33)28-14-26-38(36-20-10-4-11-21-36,37-22-12-5-13-23-37)27-15-29-40-30-24-35(25-31-40)34-18-8-3-9-19-34/h2-13,16-23,35H,14-15,24-32H2,1H3. The molecule has 0 bridgehead atoms. The number of hydrogen-bond acceptors (Lipinski definition) is 2. The molecule has 0 amide bonds. The van der Waals surface area contributed by atoms with Crippen molar-refractivity contribution in [2.75, 3.05) is 33.2 Å². The lowest BCUT2D eigenvalue weighted by Gasteiger charge is -2.38. The summed E-state index contributed by atoms with van der Waals surface area (Å²) in [6.45, 7) is 5.73. The average Bonchev–Trinajstić information content (AvgIpc) is 3.02. The Kier molecular flexibility index (Phi) is 10.2. The Bertz CT molecular complexity index is 1190. The molecule has 0 N–H and O–H groups in total. The molecule has 1 fully saturated rings. The van der Waals surface area contributed by atoms with Crippen LogP contribution in [0.2, 0.25) is 0 Å². The van der Waals surface area contributed by atoms with E-state index in [0.29, 0.717) is 0 Å². The molecular formula is C38H46N2. The van der Waals surface area contributed by atoms with E-state index in [9.17, 15) is 0 Å². The summed E-state index contributed by atoms with van der Waals surface area (Å²) in [5, 5.41) is 0. The maximum Gasteiger partial charge on any atom is 0.0230 e. The van der Waals surface area contributed by atoms with Gasteiger partial charge in [0, 0.05) is 12.0 Å².